The number of rotatable bonds is 2. The van der Waals surface area contributed by atoms with Crippen LogP contribution in [0, 0.1) is 0 Å². The molecular formula is C16H17ClO. The van der Waals surface area contributed by atoms with Gasteiger partial charge in [0.15, 0.2) is 0 Å². The van der Waals surface area contributed by atoms with E-state index >= 15 is 0 Å². The van der Waals surface area contributed by atoms with Gasteiger partial charge in [-0.2, -0.15) is 0 Å². The number of para-hydroxylation sites is 1. The predicted octanol–water partition coefficient (Wildman–Crippen LogP) is 5.43. The molecule has 0 bridgehead atoms. The molecule has 0 spiro atoms. The quantitative estimate of drug-likeness (QED) is 0.700. The summed E-state index contributed by atoms with van der Waals surface area (Å²) in [5, 5.41) is 0.645. The fourth-order valence-electron chi connectivity index (χ4n) is 1.67. The van der Waals surface area contributed by atoms with Crippen molar-refractivity contribution in [3.8, 4) is 11.5 Å². The second-order valence-electron chi connectivity index (χ2n) is 5.31. The molecule has 0 amide bonds. The SMILES string of the molecule is CC(C)(C)c1ccc(Oc2ccccc2)c(Cl)c1. The van der Waals surface area contributed by atoms with E-state index in [1.807, 2.05) is 42.5 Å². The summed E-state index contributed by atoms with van der Waals surface area (Å²) in [6.45, 7) is 6.49. The third kappa shape index (κ3) is 3.05. The van der Waals surface area contributed by atoms with E-state index in [4.69, 9.17) is 16.3 Å². The van der Waals surface area contributed by atoms with Gasteiger partial charge in [-0.05, 0) is 35.2 Å². The maximum absolute atomic E-state index is 6.26. The van der Waals surface area contributed by atoms with Crippen molar-refractivity contribution in [2.45, 2.75) is 26.2 Å². The Hall–Kier alpha value is -1.47. The third-order valence-electron chi connectivity index (χ3n) is 2.77. The van der Waals surface area contributed by atoms with Crippen molar-refractivity contribution >= 4 is 11.6 Å². The zero-order chi connectivity index (χ0) is 13.2. The van der Waals surface area contributed by atoms with Crippen LogP contribution in [-0.4, -0.2) is 0 Å². The standard InChI is InChI=1S/C16H17ClO/c1-16(2,3)12-9-10-15(14(17)11-12)18-13-7-5-4-6-8-13/h4-11H,1-3H3. The Labute approximate surface area is 113 Å². The lowest BCUT2D eigenvalue weighted by atomic mass is 9.87. The Morgan fingerprint density at radius 2 is 1.61 bits per heavy atom. The van der Waals surface area contributed by atoms with Crippen LogP contribution in [0.4, 0.5) is 0 Å². The molecule has 0 aliphatic heterocycles. The zero-order valence-electron chi connectivity index (χ0n) is 10.9. The molecular weight excluding hydrogens is 244 g/mol. The number of ether oxygens (including phenoxy) is 1. The molecule has 2 heteroatoms. The van der Waals surface area contributed by atoms with Crippen molar-refractivity contribution in [2.24, 2.45) is 0 Å². The normalized spacial score (nSPS) is 11.3. The van der Waals surface area contributed by atoms with Crippen LogP contribution in [0.2, 0.25) is 5.02 Å². The smallest absolute Gasteiger partial charge is 0.146 e. The molecule has 0 fully saturated rings. The number of hydrogen-bond acceptors (Lipinski definition) is 1. The van der Waals surface area contributed by atoms with Crippen LogP contribution in [0.15, 0.2) is 48.5 Å². The number of benzene rings is 2. The Bertz CT molecular complexity index is 527. The predicted molar refractivity (Wildman–Crippen MR) is 76.7 cm³/mol. The highest BCUT2D eigenvalue weighted by Gasteiger charge is 2.15. The monoisotopic (exact) mass is 260 g/mol. The Morgan fingerprint density at radius 1 is 0.944 bits per heavy atom. The van der Waals surface area contributed by atoms with E-state index in [-0.39, 0.29) is 5.41 Å². The molecule has 18 heavy (non-hydrogen) atoms. The molecule has 2 rings (SSSR count). The molecule has 2 aromatic rings. The molecule has 0 aromatic heterocycles. The second-order valence-corrected chi connectivity index (χ2v) is 5.72. The topological polar surface area (TPSA) is 9.23 Å². The van der Waals surface area contributed by atoms with Crippen LogP contribution in [0.3, 0.4) is 0 Å². The third-order valence-corrected chi connectivity index (χ3v) is 3.06. The van der Waals surface area contributed by atoms with Gasteiger partial charge in [0.05, 0.1) is 5.02 Å². The van der Waals surface area contributed by atoms with Crippen LogP contribution in [0.1, 0.15) is 26.3 Å². The molecule has 0 unspecified atom stereocenters. The Balaban J connectivity index is 2.26. The van der Waals surface area contributed by atoms with Gasteiger partial charge in [-0.3, -0.25) is 0 Å². The van der Waals surface area contributed by atoms with E-state index < -0.39 is 0 Å². The van der Waals surface area contributed by atoms with Crippen molar-refractivity contribution in [3.05, 3.63) is 59.1 Å². The number of hydrogen-bond donors (Lipinski definition) is 0. The van der Waals surface area contributed by atoms with Crippen LogP contribution in [0.25, 0.3) is 0 Å². The molecule has 0 N–H and O–H groups in total. The minimum absolute atomic E-state index is 0.0922. The van der Waals surface area contributed by atoms with Gasteiger partial charge >= 0.3 is 0 Å². The van der Waals surface area contributed by atoms with Crippen LogP contribution < -0.4 is 4.74 Å². The first-order valence-electron chi connectivity index (χ1n) is 6.00. The highest BCUT2D eigenvalue weighted by Crippen LogP contribution is 2.33. The zero-order valence-corrected chi connectivity index (χ0v) is 11.7. The average Bonchev–Trinajstić information content (AvgIpc) is 2.32. The highest BCUT2D eigenvalue weighted by atomic mass is 35.5. The van der Waals surface area contributed by atoms with Gasteiger partial charge in [0.1, 0.15) is 11.5 Å². The Morgan fingerprint density at radius 3 is 2.17 bits per heavy atom. The summed E-state index contributed by atoms with van der Waals surface area (Å²) < 4.78 is 5.74. The van der Waals surface area contributed by atoms with Crippen molar-refractivity contribution in [1.29, 1.82) is 0 Å². The van der Waals surface area contributed by atoms with E-state index in [2.05, 4.69) is 26.8 Å². The van der Waals surface area contributed by atoms with Gasteiger partial charge in [-0.15, -0.1) is 0 Å². The summed E-state index contributed by atoms with van der Waals surface area (Å²) in [7, 11) is 0. The van der Waals surface area contributed by atoms with Gasteiger partial charge in [-0.25, -0.2) is 0 Å². The summed E-state index contributed by atoms with van der Waals surface area (Å²) in [6, 6.07) is 15.6. The molecule has 0 aliphatic carbocycles. The number of halogens is 1. The molecule has 94 valence electrons. The fraction of sp³-hybridized carbons (Fsp3) is 0.250. The lowest BCUT2D eigenvalue weighted by Crippen LogP contribution is -2.10. The molecule has 0 saturated carbocycles. The van der Waals surface area contributed by atoms with Crippen LogP contribution >= 0.6 is 11.6 Å². The molecule has 0 aliphatic rings. The van der Waals surface area contributed by atoms with Crippen LogP contribution in [-0.2, 0) is 5.41 Å². The summed E-state index contributed by atoms with van der Waals surface area (Å²) in [4.78, 5) is 0. The maximum atomic E-state index is 6.26. The van der Waals surface area contributed by atoms with Gasteiger partial charge in [0.25, 0.3) is 0 Å². The Kier molecular flexibility index (Phi) is 3.63. The van der Waals surface area contributed by atoms with Crippen molar-refractivity contribution in [3.63, 3.8) is 0 Å². The van der Waals surface area contributed by atoms with Crippen molar-refractivity contribution < 1.29 is 4.74 Å². The molecule has 1 nitrogen and oxygen atoms in total. The molecule has 0 saturated heterocycles. The van der Waals surface area contributed by atoms with E-state index in [1.54, 1.807) is 0 Å². The summed E-state index contributed by atoms with van der Waals surface area (Å²) >= 11 is 6.26. The van der Waals surface area contributed by atoms with Gasteiger partial charge < -0.3 is 4.74 Å². The largest absolute Gasteiger partial charge is 0.456 e. The van der Waals surface area contributed by atoms with E-state index in [0.717, 1.165) is 5.75 Å². The van der Waals surface area contributed by atoms with Gasteiger partial charge in [0.2, 0.25) is 0 Å². The highest BCUT2D eigenvalue weighted by molar-refractivity contribution is 6.32. The van der Waals surface area contributed by atoms with Crippen molar-refractivity contribution in [1.82, 2.24) is 0 Å². The summed E-state index contributed by atoms with van der Waals surface area (Å²) in [5.41, 5.74) is 1.29. The van der Waals surface area contributed by atoms with Gasteiger partial charge in [0, 0.05) is 0 Å². The van der Waals surface area contributed by atoms with E-state index in [0.29, 0.717) is 10.8 Å². The molecule has 2 aromatic carbocycles. The minimum atomic E-state index is 0.0922. The second kappa shape index (κ2) is 5.03. The minimum Gasteiger partial charge on any atom is -0.456 e. The van der Waals surface area contributed by atoms with E-state index in [9.17, 15) is 0 Å². The summed E-state index contributed by atoms with van der Waals surface area (Å²) in [5.74, 6) is 1.48. The first kappa shape index (κ1) is 13.0. The molecule has 0 radical (unpaired) electrons. The maximum Gasteiger partial charge on any atom is 0.146 e. The van der Waals surface area contributed by atoms with Crippen molar-refractivity contribution in [2.75, 3.05) is 0 Å². The lowest BCUT2D eigenvalue weighted by molar-refractivity contribution is 0.481. The molecule has 0 atom stereocenters. The average molecular weight is 261 g/mol. The first-order chi connectivity index (χ1) is 8.47. The summed E-state index contributed by atoms with van der Waals surface area (Å²) in [6.07, 6.45) is 0. The first-order valence-corrected chi connectivity index (χ1v) is 6.37. The molecule has 0 heterocycles. The lowest BCUT2D eigenvalue weighted by Gasteiger charge is -2.20. The van der Waals surface area contributed by atoms with Gasteiger partial charge in [-0.1, -0.05) is 56.6 Å². The van der Waals surface area contributed by atoms with E-state index in [1.165, 1.54) is 5.56 Å². The van der Waals surface area contributed by atoms with Crippen LogP contribution in [0.5, 0.6) is 11.5 Å². The fourth-order valence-corrected chi connectivity index (χ4v) is 1.88.